The highest BCUT2D eigenvalue weighted by molar-refractivity contribution is 5.95. The number of aromatic carboxylic acids is 1. The highest BCUT2D eigenvalue weighted by Gasteiger charge is 2.16. The van der Waals surface area contributed by atoms with Crippen molar-refractivity contribution in [2.75, 3.05) is 13.7 Å². The van der Waals surface area contributed by atoms with E-state index < -0.39 is 5.97 Å². The monoisotopic (exact) mass is 323 g/mol. The van der Waals surface area contributed by atoms with E-state index in [2.05, 4.69) is 6.58 Å². The minimum absolute atomic E-state index is 0.292. The van der Waals surface area contributed by atoms with Crippen molar-refractivity contribution in [2.24, 2.45) is 0 Å². The van der Waals surface area contributed by atoms with Crippen LogP contribution in [0.2, 0.25) is 0 Å². The Labute approximate surface area is 142 Å². The van der Waals surface area contributed by atoms with Crippen molar-refractivity contribution >= 4 is 5.97 Å². The maximum Gasteiger partial charge on any atom is 0.337 e. The van der Waals surface area contributed by atoms with Gasteiger partial charge in [0.05, 0.1) is 17.9 Å². The summed E-state index contributed by atoms with van der Waals surface area (Å²) in [5.74, 6) is -0.934. The molecule has 0 aliphatic heterocycles. The van der Waals surface area contributed by atoms with E-state index in [-0.39, 0.29) is 0 Å². The Bertz CT molecular complexity index is 754. The number of carboxylic acids is 1. The van der Waals surface area contributed by atoms with Gasteiger partial charge in [0.2, 0.25) is 0 Å². The molecular formula is C20H21NO3. The van der Waals surface area contributed by atoms with Gasteiger partial charge in [0.15, 0.2) is 0 Å². The van der Waals surface area contributed by atoms with E-state index in [0.717, 1.165) is 11.1 Å². The maximum absolute atomic E-state index is 11.6. The van der Waals surface area contributed by atoms with Gasteiger partial charge >= 0.3 is 5.97 Å². The van der Waals surface area contributed by atoms with E-state index in [9.17, 15) is 9.90 Å². The third-order valence-electron chi connectivity index (χ3n) is 3.55. The third-order valence-corrected chi connectivity index (χ3v) is 3.55. The number of aromatic nitrogens is 1. The molecule has 0 unspecified atom stereocenters. The first kappa shape index (κ1) is 17.5. The van der Waals surface area contributed by atoms with Gasteiger partial charge in [0.1, 0.15) is 0 Å². The molecule has 0 aliphatic rings. The SMILES string of the molecule is C=C/C=C\C(=C/COC)Cn1ccc(C(=O)O)c1-c1ccccc1. The lowest BCUT2D eigenvalue weighted by Crippen LogP contribution is -2.05. The van der Waals surface area contributed by atoms with Gasteiger partial charge in [-0.3, -0.25) is 0 Å². The molecule has 0 atom stereocenters. The van der Waals surface area contributed by atoms with Crippen molar-refractivity contribution < 1.29 is 14.6 Å². The molecule has 4 nitrogen and oxygen atoms in total. The number of rotatable bonds is 8. The van der Waals surface area contributed by atoms with Gasteiger partial charge in [-0.2, -0.15) is 0 Å². The molecule has 0 saturated carbocycles. The van der Waals surface area contributed by atoms with Crippen LogP contribution in [-0.2, 0) is 11.3 Å². The summed E-state index contributed by atoms with van der Waals surface area (Å²) in [6.45, 7) is 4.72. The van der Waals surface area contributed by atoms with E-state index in [4.69, 9.17) is 4.74 Å². The molecule has 124 valence electrons. The largest absolute Gasteiger partial charge is 0.478 e. The Morgan fingerprint density at radius 1 is 1.29 bits per heavy atom. The number of nitrogens with zero attached hydrogens (tertiary/aromatic N) is 1. The molecule has 24 heavy (non-hydrogen) atoms. The van der Waals surface area contributed by atoms with Gasteiger partial charge < -0.3 is 14.4 Å². The molecular weight excluding hydrogens is 302 g/mol. The lowest BCUT2D eigenvalue weighted by atomic mass is 10.1. The standard InChI is InChI=1S/C20H21NO3/c1-3-4-8-16(12-14-24-2)15-21-13-11-18(20(22)23)19(21)17-9-6-5-7-10-17/h3-13H,1,14-15H2,2H3,(H,22,23)/b8-4-,16-12+. The number of carboxylic acid groups (broad SMARTS) is 1. The lowest BCUT2D eigenvalue weighted by Gasteiger charge is -2.12. The second kappa shape index (κ2) is 8.70. The van der Waals surface area contributed by atoms with Crippen LogP contribution < -0.4 is 0 Å². The van der Waals surface area contributed by atoms with Gasteiger partial charge in [-0.15, -0.1) is 0 Å². The number of benzene rings is 1. The van der Waals surface area contributed by atoms with Gasteiger partial charge in [-0.25, -0.2) is 4.79 Å². The Hall–Kier alpha value is -2.85. The molecule has 1 N–H and O–H groups in total. The highest BCUT2D eigenvalue weighted by atomic mass is 16.5. The van der Waals surface area contributed by atoms with Crippen LogP contribution in [0.3, 0.4) is 0 Å². The lowest BCUT2D eigenvalue weighted by molar-refractivity contribution is 0.0698. The van der Waals surface area contributed by atoms with Crippen LogP contribution in [0.4, 0.5) is 0 Å². The summed E-state index contributed by atoms with van der Waals surface area (Å²) in [6.07, 6.45) is 9.27. The summed E-state index contributed by atoms with van der Waals surface area (Å²) in [4.78, 5) is 11.6. The molecule has 0 fully saturated rings. The zero-order valence-corrected chi connectivity index (χ0v) is 13.7. The second-order valence-corrected chi connectivity index (χ2v) is 5.21. The molecule has 1 heterocycles. The zero-order valence-electron chi connectivity index (χ0n) is 13.7. The van der Waals surface area contributed by atoms with Gasteiger partial charge in [0, 0.05) is 19.9 Å². The highest BCUT2D eigenvalue weighted by Crippen LogP contribution is 2.26. The van der Waals surface area contributed by atoms with Crippen molar-refractivity contribution in [1.82, 2.24) is 4.57 Å². The summed E-state index contributed by atoms with van der Waals surface area (Å²) in [5, 5.41) is 9.48. The summed E-state index contributed by atoms with van der Waals surface area (Å²) >= 11 is 0. The predicted octanol–water partition coefficient (Wildman–Crippen LogP) is 4.17. The van der Waals surface area contributed by atoms with E-state index in [1.165, 1.54) is 0 Å². The number of methoxy groups -OCH3 is 1. The van der Waals surface area contributed by atoms with E-state index in [0.29, 0.717) is 24.4 Å². The van der Waals surface area contributed by atoms with Crippen molar-refractivity contribution in [3.05, 3.63) is 84.6 Å². The van der Waals surface area contributed by atoms with Crippen LogP contribution in [0, 0.1) is 0 Å². The third kappa shape index (κ3) is 4.33. The van der Waals surface area contributed by atoms with Crippen LogP contribution in [0.25, 0.3) is 11.3 Å². The first-order chi connectivity index (χ1) is 11.7. The summed E-state index contributed by atoms with van der Waals surface area (Å²) in [6, 6.07) is 11.2. The fourth-order valence-corrected chi connectivity index (χ4v) is 2.46. The fraction of sp³-hybridized carbons (Fsp3) is 0.150. The van der Waals surface area contributed by atoms with Gasteiger partial charge in [-0.05, 0) is 17.2 Å². The van der Waals surface area contributed by atoms with Crippen molar-refractivity contribution in [1.29, 1.82) is 0 Å². The molecule has 0 radical (unpaired) electrons. The predicted molar refractivity (Wildman–Crippen MR) is 96.1 cm³/mol. The van der Waals surface area contributed by atoms with Crippen molar-refractivity contribution in [3.63, 3.8) is 0 Å². The first-order valence-electron chi connectivity index (χ1n) is 7.62. The topological polar surface area (TPSA) is 51.5 Å². The number of carbonyl (C=O) groups is 1. The summed E-state index contributed by atoms with van der Waals surface area (Å²) < 4.78 is 7.05. The second-order valence-electron chi connectivity index (χ2n) is 5.21. The number of ether oxygens (including phenoxy) is 1. The van der Waals surface area contributed by atoms with Crippen LogP contribution in [0.5, 0.6) is 0 Å². The molecule has 0 bridgehead atoms. The smallest absolute Gasteiger partial charge is 0.337 e. The fourth-order valence-electron chi connectivity index (χ4n) is 2.46. The van der Waals surface area contributed by atoms with Gasteiger partial charge in [0.25, 0.3) is 0 Å². The van der Waals surface area contributed by atoms with E-state index in [1.807, 2.05) is 53.1 Å². The number of allylic oxidation sites excluding steroid dienone is 4. The molecule has 0 saturated heterocycles. The summed E-state index contributed by atoms with van der Waals surface area (Å²) in [7, 11) is 1.64. The normalized spacial score (nSPS) is 11.8. The molecule has 1 aromatic carbocycles. The summed E-state index contributed by atoms with van der Waals surface area (Å²) in [5.41, 5.74) is 2.87. The quantitative estimate of drug-likeness (QED) is 0.742. The Kier molecular flexibility index (Phi) is 6.34. The maximum atomic E-state index is 11.6. The minimum atomic E-state index is -0.934. The average Bonchev–Trinajstić information content (AvgIpc) is 3.02. The Balaban J connectivity index is 2.44. The molecule has 0 spiro atoms. The van der Waals surface area contributed by atoms with Crippen LogP contribution in [-0.4, -0.2) is 29.4 Å². The van der Waals surface area contributed by atoms with E-state index >= 15 is 0 Å². The van der Waals surface area contributed by atoms with Crippen molar-refractivity contribution in [2.45, 2.75) is 6.54 Å². The number of hydrogen-bond acceptors (Lipinski definition) is 2. The molecule has 4 heteroatoms. The van der Waals surface area contributed by atoms with Crippen molar-refractivity contribution in [3.8, 4) is 11.3 Å². The van der Waals surface area contributed by atoms with Crippen LogP contribution in [0.1, 0.15) is 10.4 Å². The van der Waals surface area contributed by atoms with Crippen LogP contribution in [0.15, 0.2) is 79.1 Å². The number of hydrogen-bond donors (Lipinski definition) is 1. The van der Waals surface area contributed by atoms with Gasteiger partial charge in [-0.1, -0.05) is 61.2 Å². The Morgan fingerprint density at radius 2 is 2.04 bits per heavy atom. The van der Waals surface area contributed by atoms with E-state index in [1.54, 1.807) is 25.4 Å². The molecule has 2 aromatic rings. The average molecular weight is 323 g/mol. The zero-order chi connectivity index (χ0) is 17.4. The molecule has 0 amide bonds. The molecule has 2 rings (SSSR count). The first-order valence-corrected chi connectivity index (χ1v) is 7.62. The molecule has 0 aliphatic carbocycles. The minimum Gasteiger partial charge on any atom is -0.478 e. The Morgan fingerprint density at radius 3 is 2.67 bits per heavy atom. The molecule has 1 aromatic heterocycles. The van der Waals surface area contributed by atoms with Crippen LogP contribution >= 0.6 is 0 Å².